The summed E-state index contributed by atoms with van der Waals surface area (Å²) in [7, 11) is 0. The maximum Gasteiger partial charge on any atom is 0.222 e. The van der Waals surface area contributed by atoms with Gasteiger partial charge in [0.05, 0.1) is 11.4 Å². The second kappa shape index (κ2) is 5.10. The van der Waals surface area contributed by atoms with E-state index in [1.165, 1.54) is 11.3 Å². The standard InChI is InChI=1S/C11H12BrNO2S/c12-8-4-6-16-11(8)9(14)7-13-5-2-1-3-10(13)15/h4,6H,1-3,5,7H2. The van der Waals surface area contributed by atoms with Crippen molar-refractivity contribution in [2.75, 3.05) is 13.1 Å². The van der Waals surface area contributed by atoms with Crippen LogP contribution >= 0.6 is 27.3 Å². The number of carbonyl (C=O) groups excluding carboxylic acids is 2. The monoisotopic (exact) mass is 301 g/mol. The van der Waals surface area contributed by atoms with Gasteiger partial charge in [0.15, 0.2) is 5.78 Å². The van der Waals surface area contributed by atoms with Crippen molar-refractivity contribution in [1.82, 2.24) is 4.90 Å². The topological polar surface area (TPSA) is 37.4 Å². The Balaban J connectivity index is 2.02. The van der Waals surface area contributed by atoms with Crippen LogP contribution in [0.25, 0.3) is 0 Å². The molecule has 0 saturated carbocycles. The average molecular weight is 302 g/mol. The van der Waals surface area contributed by atoms with E-state index in [0.717, 1.165) is 17.3 Å². The Kier molecular flexibility index (Phi) is 3.76. The number of likely N-dealkylation sites (tertiary alicyclic amines) is 1. The fraction of sp³-hybridized carbons (Fsp3) is 0.455. The molecule has 1 aromatic heterocycles. The van der Waals surface area contributed by atoms with Crippen LogP contribution in [-0.2, 0) is 4.79 Å². The minimum atomic E-state index is 0.0251. The van der Waals surface area contributed by atoms with Crippen molar-refractivity contribution in [3.63, 3.8) is 0 Å². The van der Waals surface area contributed by atoms with Crippen molar-refractivity contribution in [3.8, 4) is 0 Å². The van der Waals surface area contributed by atoms with Crippen molar-refractivity contribution in [3.05, 3.63) is 20.8 Å². The van der Waals surface area contributed by atoms with Crippen LogP contribution in [0, 0.1) is 0 Å². The molecule has 2 heterocycles. The molecule has 0 aliphatic carbocycles. The lowest BCUT2D eigenvalue weighted by Gasteiger charge is -2.25. The molecule has 1 aliphatic heterocycles. The molecular weight excluding hydrogens is 290 g/mol. The number of hydrogen-bond acceptors (Lipinski definition) is 3. The molecule has 0 bridgehead atoms. The zero-order chi connectivity index (χ0) is 11.5. The molecule has 0 spiro atoms. The van der Waals surface area contributed by atoms with Gasteiger partial charge in [-0.05, 0) is 40.2 Å². The summed E-state index contributed by atoms with van der Waals surface area (Å²) in [6.45, 7) is 0.936. The van der Waals surface area contributed by atoms with Crippen LogP contribution in [0.2, 0.25) is 0 Å². The third-order valence-corrected chi connectivity index (χ3v) is 4.51. The SMILES string of the molecule is O=C(CN1CCCCC1=O)c1sccc1Br. The summed E-state index contributed by atoms with van der Waals surface area (Å²) in [5.41, 5.74) is 0. The van der Waals surface area contributed by atoms with E-state index in [0.29, 0.717) is 17.8 Å². The molecule has 16 heavy (non-hydrogen) atoms. The minimum absolute atomic E-state index is 0.0251. The number of carbonyl (C=O) groups is 2. The Hall–Kier alpha value is -0.680. The van der Waals surface area contributed by atoms with Gasteiger partial charge in [0.2, 0.25) is 5.91 Å². The van der Waals surface area contributed by atoms with Crippen LogP contribution < -0.4 is 0 Å². The Bertz CT molecular complexity index is 416. The van der Waals surface area contributed by atoms with Crippen LogP contribution in [0.5, 0.6) is 0 Å². The maximum absolute atomic E-state index is 11.9. The van der Waals surface area contributed by atoms with Gasteiger partial charge >= 0.3 is 0 Å². The highest BCUT2D eigenvalue weighted by atomic mass is 79.9. The molecule has 3 nitrogen and oxygen atoms in total. The van der Waals surface area contributed by atoms with E-state index in [4.69, 9.17) is 0 Å². The second-order valence-corrected chi connectivity index (χ2v) is 5.56. The number of Topliss-reactive ketones (excluding diaryl/α,β-unsaturated/α-hetero) is 1. The van der Waals surface area contributed by atoms with E-state index in [2.05, 4.69) is 15.9 Å². The summed E-state index contributed by atoms with van der Waals surface area (Å²) in [4.78, 5) is 25.8. The summed E-state index contributed by atoms with van der Waals surface area (Å²) in [5, 5.41) is 1.87. The third-order valence-electron chi connectivity index (χ3n) is 2.63. The highest BCUT2D eigenvalue weighted by molar-refractivity contribution is 9.10. The summed E-state index contributed by atoms with van der Waals surface area (Å²) < 4.78 is 0.826. The van der Waals surface area contributed by atoms with E-state index in [9.17, 15) is 9.59 Å². The fourth-order valence-corrected chi connectivity index (χ4v) is 3.29. The third kappa shape index (κ3) is 2.52. The predicted molar refractivity (Wildman–Crippen MR) is 66.8 cm³/mol. The summed E-state index contributed by atoms with van der Waals surface area (Å²) >= 11 is 4.75. The number of nitrogens with zero attached hydrogens (tertiary/aromatic N) is 1. The van der Waals surface area contributed by atoms with Crippen LogP contribution in [0.3, 0.4) is 0 Å². The zero-order valence-electron chi connectivity index (χ0n) is 8.74. The summed E-state index contributed by atoms with van der Waals surface area (Å²) in [5.74, 6) is 0.129. The first-order valence-corrected chi connectivity index (χ1v) is 6.89. The van der Waals surface area contributed by atoms with Crippen molar-refractivity contribution < 1.29 is 9.59 Å². The van der Waals surface area contributed by atoms with Crippen LogP contribution in [0.1, 0.15) is 28.9 Å². The molecule has 5 heteroatoms. The fourth-order valence-electron chi connectivity index (χ4n) is 1.77. The van der Waals surface area contributed by atoms with Crippen molar-refractivity contribution in [2.45, 2.75) is 19.3 Å². The molecular formula is C11H12BrNO2S. The largest absolute Gasteiger partial charge is 0.335 e. The highest BCUT2D eigenvalue weighted by Crippen LogP contribution is 2.23. The molecule has 1 aliphatic rings. The molecule has 0 atom stereocenters. The molecule has 0 N–H and O–H groups in total. The first-order valence-electron chi connectivity index (χ1n) is 5.22. The van der Waals surface area contributed by atoms with Gasteiger partial charge in [0, 0.05) is 17.4 Å². The number of piperidine rings is 1. The number of rotatable bonds is 3. The lowest BCUT2D eigenvalue weighted by atomic mass is 10.1. The minimum Gasteiger partial charge on any atom is -0.335 e. The molecule has 2 rings (SSSR count). The molecule has 1 fully saturated rings. The van der Waals surface area contributed by atoms with E-state index in [1.807, 2.05) is 11.4 Å². The quantitative estimate of drug-likeness (QED) is 0.805. The summed E-state index contributed by atoms with van der Waals surface area (Å²) in [6.07, 6.45) is 2.54. The van der Waals surface area contributed by atoms with E-state index in [-0.39, 0.29) is 18.2 Å². The molecule has 0 aromatic carbocycles. The van der Waals surface area contributed by atoms with E-state index >= 15 is 0 Å². The Morgan fingerprint density at radius 1 is 1.50 bits per heavy atom. The van der Waals surface area contributed by atoms with Crippen LogP contribution in [-0.4, -0.2) is 29.7 Å². The van der Waals surface area contributed by atoms with E-state index < -0.39 is 0 Å². The van der Waals surface area contributed by atoms with Crippen LogP contribution in [0.15, 0.2) is 15.9 Å². The lowest BCUT2D eigenvalue weighted by Crippen LogP contribution is -2.38. The lowest BCUT2D eigenvalue weighted by molar-refractivity contribution is -0.132. The Labute approximate surface area is 107 Å². The number of amides is 1. The average Bonchev–Trinajstić information content (AvgIpc) is 2.68. The van der Waals surface area contributed by atoms with Gasteiger partial charge in [-0.15, -0.1) is 11.3 Å². The highest BCUT2D eigenvalue weighted by Gasteiger charge is 2.22. The number of hydrogen-bond donors (Lipinski definition) is 0. The van der Waals surface area contributed by atoms with Gasteiger partial charge in [-0.3, -0.25) is 9.59 Å². The zero-order valence-corrected chi connectivity index (χ0v) is 11.1. The first-order chi connectivity index (χ1) is 7.68. The Morgan fingerprint density at radius 3 is 2.94 bits per heavy atom. The number of ketones is 1. The van der Waals surface area contributed by atoms with Crippen molar-refractivity contribution in [1.29, 1.82) is 0 Å². The predicted octanol–water partition coefficient (Wildman–Crippen LogP) is 2.71. The molecule has 0 radical (unpaired) electrons. The van der Waals surface area contributed by atoms with Gasteiger partial charge in [0.1, 0.15) is 0 Å². The van der Waals surface area contributed by atoms with Gasteiger partial charge in [-0.1, -0.05) is 0 Å². The molecule has 0 unspecified atom stereocenters. The van der Waals surface area contributed by atoms with Gasteiger partial charge in [0.25, 0.3) is 0 Å². The normalized spacial score (nSPS) is 16.6. The second-order valence-electron chi connectivity index (χ2n) is 3.79. The summed E-state index contributed by atoms with van der Waals surface area (Å²) in [6, 6.07) is 1.86. The first kappa shape index (κ1) is 11.8. The molecule has 1 saturated heterocycles. The van der Waals surface area contributed by atoms with Crippen molar-refractivity contribution >= 4 is 39.0 Å². The van der Waals surface area contributed by atoms with Gasteiger partial charge < -0.3 is 4.90 Å². The van der Waals surface area contributed by atoms with Gasteiger partial charge in [-0.25, -0.2) is 0 Å². The smallest absolute Gasteiger partial charge is 0.222 e. The molecule has 1 aromatic rings. The Morgan fingerprint density at radius 2 is 2.31 bits per heavy atom. The van der Waals surface area contributed by atoms with Gasteiger partial charge in [-0.2, -0.15) is 0 Å². The molecule has 1 amide bonds. The van der Waals surface area contributed by atoms with Crippen molar-refractivity contribution in [2.24, 2.45) is 0 Å². The number of thiophene rings is 1. The number of halogens is 1. The van der Waals surface area contributed by atoms with E-state index in [1.54, 1.807) is 4.90 Å². The molecule has 86 valence electrons. The van der Waals surface area contributed by atoms with Crippen LogP contribution in [0.4, 0.5) is 0 Å². The maximum atomic E-state index is 11.9.